The Hall–Kier alpha value is -3.20. The Bertz CT molecular complexity index is 1070. The number of carbonyl (C=O) groups excluding carboxylic acids is 2. The highest BCUT2D eigenvalue weighted by Crippen LogP contribution is 2.16. The van der Waals surface area contributed by atoms with Gasteiger partial charge in [-0.25, -0.2) is 0 Å². The van der Waals surface area contributed by atoms with Crippen LogP contribution in [0.1, 0.15) is 24.0 Å². The molecule has 2 aliphatic rings. The number of hydrogen-bond acceptors (Lipinski definition) is 6. The van der Waals surface area contributed by atoms with Gasteiger partial charge in [-0.2, -0.15) is 4.68 Å². The SMILES string of the molecule is Cc1ccc(-n2nc(N3CCN(C(=O)CCC(=O)N4CCOCC4)CC3)ccc2=O)cc1C. The minimum Gasteiger partial charge on any atom is -0.378 e. The van der Waals surface area contributed by atoms with E-state index in [2.05, 4.69) is 10.00 Å². The lowest BCUT2D eigenvalue weighted by atomic mass is 10.1. The molecule has 9 nitrogen and oxygen atoms in total. The zero-order chi connectivity index (χ0) is 23.4. The molecule has 0 radical (unpaired) electrons. The van der Waals surface area contributed by atoms with E-state index in [1.165, 1.54) is 10.7 Å². The summed E-state index contributed by atoms with van der Waals surface area (Å²) in [4.78, 5) is 43.0. The second-order valence-electron chi connectivity index (χ2n) is 8.57. The molecule has 33 heavy (non-hydrogen) atoms. The molecule has 1 aromatic heterocycles. The largest absolute Gasteiger partial charge is 0.378 e. The average molecular weight is 454 g/mol. The summed E-state index contributed by atoms with van der Waals surface area (Å²) in [6.45, 7) is 8.75. The minimum atomic E-state index is -0.180. The lowest BCUT2D eigenvalue weighted by Gasteiger charge is -2.35. The molecule has 0 aliphatic carbocycles. The summed E-state index contributed by atoms with van der Waals surface area (Å²) in [6, 6.07) is 9.11. The summed E-state index contributed by atoms with van der Waals surface area (Å²) in [6.07, 6.45) is 0.466. The number of amides is 2. The van der Waals surface area contributed by atoms with Gasteiger partial charge in [0.05, 0.1) is 18.9 Å². The molecule has 0 atom stereocenters. The predicted molar refractivity (Wildman–Crippen MR) is 125 cm³/mol. The topological polar surface area (TPSA) is 88.0 Å². The monoisotopic (exact) mass is 453 g/mol. The zero-order valence-electron chi connectivity index (χ0n) is 19.3. The Balaban J connectivity index is 1.34. The van der Waals surface area contributed by atoms with Gasteiger partial charge in [-0.05, 0) is 43.2 Å². The number of anilines is 1. The van der Waals surface area contributed by atoms with Crippen molar-refractivity contribution in [2.24, 2.45) is 0 Å². The first kappa shape index (κ1) is 23.0. The van der Waals surface area contributed by atoms with Crippen molar-refractivity contribution in [2.45, 2.75) is 26.7 Å². The molecular formula is C24H31N5O4. The van der Waals surface area contributed by atoms with E-state index in [0.717, 1.165) is 16.8 Å². The summed E-state index contributed by atoms with van der Waals surface area (Å²) in [5, 5.41) is 4.58. The van der Waals surface area contributed by atoms with Gasteiger partial charge < -0.3 is 19.4 Å². The Kier molecular flexibility index (Phi) is 7.08. The van der Waals surface area contributed by atoms with Crippen LogP contribution in [0.25, 0.3) is 5.69 Å². The first-order valence-electron chi connectivity index (χ1n) is 11.5. The Morgan fingerprint density at radius 3 is 2.12 bits per heavy atom. The number of aromatic nitrogens is 2. The minimum absolute atomic E-state index is 0.00400. The fourth-order valence-corrected chi connectivity index (χ4v) is 4.14. The normalized spacial score (nSPS) is 16.7. The van der Waals surface area contributed by atoms with E-state index in [9.17, 15) is 14.4 Å². The van der Waals surface area contributed by atoms with Crippen LogP contribution in [0, 0.1) is 13.8 Å². The van der Waals surface area contributed by atoms with E-state index in [-0.39, 0.29) is 30.2 Å². The fourth-order valence-electron chi connectivity index (χ4n) is 4.14. The molecule has 2 aromatic rings. The van der Waals surface area contributed by atoms with E-state index in [4.69, 9.17) is 4.74 Å². The van der Waals surface area contributed by atoms with Crippen LogP contribution >= 0.6 is 0 Å². The maximum atomic E-state index is 12.6. The third-order valence-electron chi connectivity index (χ3n) is 6.39. The molecular weight excluding hydrogens is 422 g/mol. The summed E-state index contributed by atoms with van der Waals surface area (Å²) in [7, 11) is 0. The maximum Gasteiger partial charge on any atom is 0.271 e. The lowest BCUT2D eigenvalue weighted by molar-refractivity contribution is -0.139. The van der Waals surface area contributed by atoms with Gasteiger partial charge in [0.2, 0.25) is 11.8 Å². The van der Waals surface area contributed by atoms with Gasteiger partial charge in [-0.1, -0.05) is 6.07 Å². The maximum absolute atomic E-state index is 12.6. The standard InChI is InChI=1S/C24H31N5O4/c1-18-3-4-20(17-19(18)2)29-24(32)6-5-21(25-29)26-9-11-27(12-10-26)22(30)7-8-23(31)28-13-15-33-16-14-28/h3-6,17H,7-16H2,1-2H3. The van der Waals surface area contributed by atoms with Crippen LogP contribution < -0.4 is 10.5 Å². The number of morpholine rings is 1. The van der Waals surface area contributed by atoms with Crippen molar-refractivity contribution in [1.29, 1.82) is 0 Å². The summed E-state index contributed by atoms with van der Waals surface area (Å²) in [5.74, 6) is 0.731. The Labute approximate surface area is 193 Å². The molecule has 176 valence electrons. The summed E-state index contributed by atoms with van der Waals surface area (Å²) >= 11 is 0. The van der Waals surface area contributed by atoms with Gasteiger partial charge in [0.25, 0.3) is 5.56 Å². The van der Waals surface area contributed by atoms with Crippen LogP contribution in [-0.4, -0.2) is 83.9 Å². The second-order valence-corrected chi connectivity index (χ2v) is 8.57. The molecule has 0 saturated carbocycles. The van der Waals surface area contributed by atoms with Gasteiger partial charge in [0.1, 0.15) is 5.82 Å². The van der Waals surface area contributed by atoms with E-state index >= 15 is 0 Å². The molecule has 0 N–H and O–H groups in total. The van der Waals surface area contributed by atoms with E-state index in [0.29, 0.717) is 58.3 Å². The van der Waals surface area contributed by atoms with Crippen molar-refractivity contribution < 1.29 is 14.3 Å². The molecule has 0 spiro atoms. The fraction of sp³-hybridized carbons (Fsp3) is 0.500. The molecule has 2 saturated heterocycles. The van der Waals surface area contributed by atoms with Gasteiger partial charge >= 0.3 is 0 Å². The van der Waals surface area contributed by atoms with Crippen LogP contribution in [0.5, 0.6) is 0 Å². The number of nitrogens with zero attached hydrogens (tertiary/aromatic N) is 5. The van der Waals surface area contributed by atoms with Crippen LogP contribution in [-0.2, 0) is 14.3 Å². The van der Waals surface area contributed by atoms with Crippen molar-refractivity contribution in [1.82, 2.24) is 19.6 Å². The van der Waals surface area contributed by atoms with E-state index in [1.807, 2.05) is 36.9 Å². The molecule has 2 amide bonds. The molecule has 9 heteroatoms. The highest BCUT2D eigenvalue weighted by Gasteiger charge is 2.24. The molecule has 0 bridgehead atoms. The molecule has 0 unspecified atom stereocenters. The second kappa shape index (κ2) is 10.2. The third kappa shape index (κ3) is 5.42. The van der Waals surface area contributed by atoms with E-state index in [1.54, 1.807) is 11.0 Å². The van der Waals surface area contributed by atoms with Gasteiger partial charge in [-0.15, -0.1) is 5.10 Å². The average Bonchev–Trinajstić information content (AvgIpc) is 2.85. The van der Waals surface area contributed by atoms with Crippen LogP contribution in [0.15, 0.2) is 35.1 Å². The highest BCUT2D eigenvalue weighted by molar-refractivity contribution is 5.84. The van der Waals surface area contributed by atoms with Crippen molar-refractivity contribution in [3.8, 4) is 5.69 Å². The third-order valence-corrected chi connectivity index (χ3v) is 6.39. The van der Waals surface area contributed by atoms with Crippen LogP contribution in [0.4, 0.5) is 5.82 Å². The van der Waals surface area contributed by atoms with Crippen molar-refractivity contribution >= 4 is 17.6 Å². The van der Waals surface area contributed by atoms with Crippen molar-refractivity contribution in [2.75, 3.05) is 57.4 Å². The smallest absolute Gasteiger partial charge is 0.271 e. The van der Waals surface area contributed by atoms with Crippen molar-refractivity contribution in [3.05, 3.63) is 51.8 Å². The first-order chi connectivity index (χ1) is 15.9. The van der Waals surface area contributed by atoms with E-state index < -0.39 is 0 Å². The first-order valence-corrected chi connectivity index (χ1v) is 11.5. The zero-order valence-corrected chi connectivity index (χ0v) is 19.3. The van der Waals surface area contributed by atoms with Gasteiger partial charge in [0, 0.05) is 58.2 Å². The lowest BCUT2D eigenvalue weighted by Crippen LogP contribution is -2.49. The number of benzene rings is 1. The number of piperazine rings is 1. The molecule has 4 rings (SSSR count). The van der Waals surface area contributed by atoms with Crippen LogP contribution in [0.3, 0.4) is 0 Å². The predicted octanol–water partition coefficient (Wildman–Crippen LogP) is 1.14. The van der Waals surface area contributed by atoms with Gasteiger partial charge in [-0.3, -0.25) is 14.4 Å². The number of rotatable bonds is 5. The van der Waals surface area contributed by atoms with Crippen LogP contribution in [0.2, 0.25) is 0 Å². The molecule has 2 aliphatic heterocycles. The number of carbonyl (C=O) groups is 2. The Morgan fingerprint density at radius 2 is 1.48 bits per heavy atom. The molecule has 3 heterocycles. The quantitative estimate of drug-likeness (QED) is 0.675. The number of hydrogen-bond donors (Lipinski definition) is 0. The highest BCUT2D eigenvalue weighted by atomic mass is 16.5. The number of ether oxygens (including phenoxy) is 1. The molecule has 2 fully saturated rings. The molecule has 1 aromatic carbocycles. The van der Waals surface area contributed by atoms with Gasteiger partial charge in [0.15, 0.2) is 0 Å². The van der Waals surface area contributed by atoms with Crippen molar-refractivity contribution in [3.63, 3.8) is 0 Å². The Morgan fingerprint density at radius 1 is 0.848 bits per heavy atom. The number of aryl methyl sites for hydroxylation is 2. The summed E-state index contributed by atoms with van der Waals surface area (Å²) < 4.78 is 6.70. The summed E-state index contributed by atoms with van der Waals surface area (Å²) in [5.41, 5.74) is 2.82.